The minimum Gasteiger partial charge on any atom is -0.228 e. The number of hydrogen-bond donors (Lipinski definition) is 0. The normalized spacial score (nSPS) is 11.1. The SMILES string of the molecule is Cc1ccc(-c2cc(Cl)ccc2-c2nc(-c3ccc(C)cc3)c3ccccc3n2)cc1. The van der Waals surface area contributed by atoms with Crippen molar-refractivity contribution in [2.75, 3.05) is 0 Å². The molecule has 0 saturated heterocycles. The Balaban J connectivity index is 1.77. The summed E-state index contributed by atoms with van der Waals surface area (Å²) in [5, 5.41) is 1.74. The molecule has 1 heterocycles. The van der Waals surface area contributed by atoms with Crippen LogP contribution in [0.15, 0.2) is 91.0 Å². The van der Waals surface area contributed by atoms with Gasteiger partial charge in [-0.2, -0.15) is 0 Å². The molecule has 1 aromatic heterocycles. The Morgan fingerprint density at radius 2 is 1.26 bits per heavy atom. The lowest BCUT2D eigenvalue weighted by atomic mass is 9.97. The van der Waals surface area contributed by atoms with E-state index in [9.17, 15) is 0 Å². The van der Waals surface area contributed by atoms with Gasteiger partial charge in [0, 0.05) is 21.5 Å². The van der Waals surface area contributed by atoms with Crippen LogP contribution in [0, 0.1) is 13.8 Å². The molecule has 0 bridgehead atoms. The number of nitrogens with zero attached hydrogens (tertiary/aromatic N) is 2. The molecule has 4 aromatic carbocycles. The number of halogens is 1. The molecule has 31 heavy (non-hydrogen) atoms. The van der Waals surface area contributed by atoms with E-state index >= 15 is 0 Å². The fourth-order valence-electron chi connectivity index (χ4n) is 3.81. The van der Waals surface area contributed by atoms with Crippen molar-refractivity contribution in [1.82, 2.24) is 9.97 Å². The third kappa shape index (κ3) is 3.83. The minimum atomic E-state index is 0.693. The van der Waals surface area contributed by atoms with Gasteiger partial charge in [-0.3, -0.25) is 0 Å². The van der Waals surface area contributed by atoms with Crippen LogP contribution >= 0.6 is 11.6 Å². The summed E-state index contributed by atoms with van der Waals surface area (Å²) in [6.07, 6.45) is 0. The zero-order chi connectivity index (χ0) is 21.4. The second-order valence-electron chi connectivity index (χ2n) is 7.83. The summed E-state index contributed by atoms with van der Waals surface area (Å²) in [6.45, 7) is 4.18. The predicted octanol–water partition coefficient (Wildman–Crippen LogP) is 7.90. The van der Waals surface area contributed by atoms with Gasteiger partial charge in [-0.05, 0) is 49.2 Å². The number of benzene rings is 4. The molecule has 0 N–H and O–H groups in total. The van der Waals surface area contributed by atoms with Crippen LogP contribution in [-0.4, -0.2) is 9.97 Å². The second kappa shape index (κ2) is 7.98. The molecule has 0 unspecified atom stereocenters. The van der Waals surface area contributed by atoms with Gasteiger partial charge in [-0.25, -0.2) is 9.97 Å². The van der Waals surface area contributed by atoms with Crippen LogP contribution in [0.4, 0.5) is 0 Å². The van der Waals surface area contributed by atoms with Gasteiger partial charge in [0.05, 0.1) is 11.2 Å². The molecular weight excluding hydrogens is 400 g/mol. The largest absolute Gasteiger partial charge is 0.228 e. The molecule has 5 rings (SSSR count). The van der Waals surface area contributed by atoms with Crippen LogP contribution in [0.25, 0.3) is 44.7 Å². The first-order chi connectivity index (χ1) is 15.1. The van der Waals surface area contributed by atoms with Crippen molar-refractivity contribution in [3.05, 3.63) is 107 Å². The second-order valence-corrected chi connectivity index (χ2v) is 8.27. The Morgan fingerprint density at radius 1 is 0.613 bits per heavy atom. The highest BCUT2D eigenvalue weighted by Gasteiger charge is 2.15. The lowest BCUT2D eigenvalue weighted by molar-refractivity contribution is 1.23. The number of rotatable bonds is 3. The molecule has 3 heteroatoms. The van der Waals surface area contributed by atoms with Gasteiger partial charge in [-0.1, -0.05) is 89.5 Å². The summed E-state index contributed by atoms with van der Waals surface area (Å²) < 4.78 is 0. The third-order valence-corrected chi connectivity index (χ3v) is 5.75. The molecule has 5 aromatic rings. The summed E-state index contributed by atoms with van der Waals surface area (Å²) in [6, 6.07) is 31.0. The van der Waals surface area contributed by atoms with E-state index in [1.807, 2.05) is 36.4 Å². The fraction of sp³-hybridized carbons (Fsp3) is 0.0714. The standard InChI is InChI=1S/C28H21ClN2/c1-18-7-11-20(12-8-18)25-17-22(29)15-16-23(25)28-30-26-6-4-3-5-24(26)27(31-28)21-13-9-19(2)10-14-21/h3-17H,1-2H3. The number of aromatic nitrogens is 2. The molecule has 0 spiro atoms. The van der Waals surface area contributed by atoms with Crippen LogP contribution in [0.3, 0.4) is 0 Å². The van der Waals surface area contributed by atoms with Gasteiger partial charge in [0.1, 0.15) is 0 Å². The first-order valence-corrected chi connectivity index (χ1v) is 10.7. The number of fused-ring (bicyclic) bond motifs is 1. The molecule has 2 nitrogen and oxygen atoms in total. The summed E-state index contributed by atoms with van der Waals surface area (Å²) in [5.41, 5.74) is 8.47. The Kier molecular flexibility index (Phi) is 5.01. The van der Waals surface area contributed by atoms with Gasteiger partial charge in [0.15, 0.2) is 5.82 Å². The molecule has 0 fully saturated rings. The Labute approximate surface area is 187 Å². The van der Waals surface area contributed by atoms with Crippen molar-refractivity contribution in [2.24, 2.45) is 0 Å². The van der Waals surface area contributed by atoms with E-state index in [1.54, 1.807) is 0 Å². The van der Waals surface area contributed by atoms with Crippen LogP contribution < -0.4 is 0 Å². The average Bonchev–Trinajstić information content (AvgIpc) is 2.79. The summed E-state index contributed by atoms with van der Waals surface area (Å²) in [7, 11) is 0. The van der Waals surface area contributed by atoms with Crippen molar-refractivity contribution >= 4 is 22.5 Å². The maximum absolute atomic E-state index is 6.38. The van der Waals surface area contributed by atoms with Crippen molar-refractivity contribution in [3.63, 3.8) is 0 Å². The van der Waals surface area contributed by atoms with Crippen LogP contribution in [0.1, 0.15) is 11.1 Å². The van der Waals surface area contributed by atoms with E-state index in [0.717, 1.165) is 38.9 Å². The zero-order valence-corrected chi connectivity index (χ0v) is 18.2. The first-order valence-electron chi connectivity index (χ1n) is 10.3. The number of para-hydroxylation sites is 1. The average molecular weight is 421 g/mol. The Bertz CT molecular complexity index is 1390. The Morgan fingerprint density at radius 3 is 1.97 bits per heavy atom. The van der Waals surface area contributed by atoms with Gasteiger partial charge >= 0.3 is 0 Å². The summed E-state index contributed by atoms with van der Waals surface area (Å²) in [4.78, 5) is 9.98. The van der Waals surface area contributed by atoms with Crippen molar-refractivity contribution in [1.29, 1.82) is 0 Å². The van der Waals surface area contributed by atoms with Crippen molar-refractivity contribution in [3.8, 4) is 33.8 Å². The molecule has 0 atom stereocenters. The van der Waals surface area contributed by atoms with Crippen LogP contribution in [0.2, 0.25) is 5.02 Å². The molecular formula is C28H21ClN2. The van der Waals surface area contributed by atoms with Gasteiger partial charge in [0.25, 0.3) is 0 Å². The van der Waals surface area contributed by atoms with E-state index in [4.69, 9.17) is 21.6 Å². The number of hydrogen-bond acceptors (Lipinski definition) is 2. The van der Waals surface area contributed by atoms with E-state index in [1.165, 1.54) is 11.1 Å². The smallest absolute Gasteiger partial charge is 0.161 e. The molecule has 0 aliphatic rings. The first kappa shape index (κ1) is 19.5. The van der Waals surface area contributed by atoms with Gasteiger partial charge in [0.2, 0.25) is 0 Å². The highest BCUT2D eigenvalue weighted by atomic mass is 35.5. The number of aryl methyl sites for hydroxylation is 2. The Hall–Kier alpha value is -3.49. The highest BCUT2D eigenvalue weighted by molar-refractivity contribution is 6.31. The van der Waals surface area contributed by atoms with Crippen molar-refractivity contribution < 1.29 is 0 Å². The molecule has 0 saturated carbocycles. The van der Waals surface area contributed by atoms with Gasteiger partial charge < -0.3 is 0 Å². The molecule has 0 radical (unpaired) electrons. The minimum absolute atomic E-state index is 0.693. The lowest BCUT2D eigenvalue weighted by Gasteiger charge is -2.13. The molecule has 0 aliphatic heterocycles. The zero-order valence-electron chi connectivity index (χ0n) is 17.4. The topological polar surface area (TPSA) is 25.8 Å². The molecule has 0 amide bonds. The fourth-order valence-corrected chi connectivity index (χ4v) is 3.98. The van der Waals surface area contributed by atoms with Crippen LogP contribution in [-0.2, 0) is 0 Å². The maximum Gasteiger partial charge on any atom is 0.161 e. The summed E-state index contributed by atoms with van der Waals surface area (Å²) in [5.74, 6) is 0.696. The van der Waals surface area contributed by atoms with E-state index < -0.39 is 0 Å². The quantitative estimate of drug-likeness (QED) is 0.296. The van der Waals surface area contributed by atoms with Gasteiger partial charge in [-0.15, -0.1) is 0 Å². The van der Waals surface area contributed by atoms with E-state index in [2.05, 4.69) is 68.4 Å². The lowest BCUT2D eigenvalue weighted by Crippen LogP contribution is -1.97. The monoisotopic (exact) mass is 420 g/mol. The molecule has 0 aliphatic carbocycles. The maximum atomic E-state index is 6.38. The third-order valence-electron chi connectivity index (χ3n) is 5.51. The van der Waals surface area contributed by atoms with Crippen molar-refractivity contribution in [2.45, 2.75) is 13.8 Å². The van der Waals surface area contributed by atoms with E-state index in [0.29, 0.717) is 10.8 Å². The highest BCUT2D eigenvalue weighted by Crippen LogP contribution is 2.35. The summed E-state index contributed by atoms with van der Waals surface area (Å²) >= 11 is 6.38. The molecule has 150 valence electrons. The van der Waals surface area contributed by atoms with Crippen LogP contribution in [0.5, 0.6) is 0 Å². The van der Waals surface area contributed by atoms with E-state index in [-0.39, 0.29) is 0 Å². The predicted molar refractivity (Wildman–Crippen MR) is 130 cm³/mol.